The van der Waals surface area contributed by atoms with Crippen molar-refractivity contribution in [3.63, 3.8) is 0 Å². The van der Waals surface area contributed by atoms with E-state index in [0.29, 0.717) is 53.1 Å². The smallest absolute Gasteiger partial charge is 0.326 e. The number of H-pyrrole nitrogens is 1. The van der Waals surface area contributed by atoms with E-state index in [1.807, 2.05) is 13.8 Å². The number of nitrogens with one attached hydrogen (secondary N) is 4. The predicted molar refractivity (Wildman–Crippen MR) is 260 cm³/mol. The number of hydrogen-bond donors (Lipinski definition) is 7. The Labute approximate surface area is 413 Å². The number of fused-ring (bicyclic) bond motifs is 1. The third kappa shape index (κ3) is 14.1. The highest BCUT2D eigenvalue weighted by Gasteiger charge is 2.29. The number of carboxylic acid groups (broad SMARTS) is 1. The van der Waals surface area contributed by atoms with Crippen molar-refractivity contribution in [3.05, 3.63) is 83.0 Å². The van der Waals surface area contributed by atoms with Crippen LogP contribution in [-0.2, 0) is 41.7 Å². The van der Waals surface area contributed by atoms with Gasteiger partial charge in [-0.2, -0.15) is 5.21 Å². The molecule has 1 aliphatic heterocycles. The molecule has 3 atom stereocenters. The highest BCUT2D eigenvalue weighted by atomic mass is 16.4. The number of phenols is 1. The number of imide groups is 1. The number of unbranched alkanes of at least 4 members (excludes halogenated alkanes) is 3. The second kappa shape index (κ2) is 24.5. The van der Waals surface area contributed by atoms with Crippen molar-refractivity contribution in [2.75, 3.05) is 17.6 Å². The van der Waals surface area contributed by atoms with Crippen molar-refractivity contribution in [2.45, 2.75) is 111 Å². The summed E-state index contributed by atoms with van der Waals surface area (Å²) in [6.45, 7) is 7.32. The number of nitrogens with two attached hydrogens (primary N) is 1. The number of Topliss-reactive ketones (excluding diaryl/α,β-unsaturated/α-hetero) is 3. The zero-order chi connectivity index (χ0) is 52.1. The van der Waals surface area contributed by atoms with E-state index in [9.17, 15) is 48.6 Å². The molecule has 23 nitrogen and oxygen atoms in total. The van der Waals surface area contributed by atoms with Gasteiger partial charge in [-0.3, -0.25) is 38.5 Å². The first kappa shape index (κ1) is 53.0. The van der Waals surface area contributed by atoms with Gasteiger partial charge < -0.3 is 31.9 Å². The molecular weight excluding hydrogens is 931 g/mol. The largest absolute Gasteiger partial charge is 0.506 e. The van der Waals surface area contributed by atoms with E-state index in [1.54, 1.807) is 32.0 Å². The van der Waals surface area contributed by atoms with Crippen LogP contribution in [0.4, 0.5) is 11.5 Å². The van der Waals surface area contributed by atoms with Crippen LogP contribution in [0.5, 0.6) is 5.75 Å². The number of aromatic nitrogens is 8. The number of hydrogen-bond acceptors (Lipinski definition) is 18. The number of phenolic OH excluding ortho intramolecular Hbond substituents is 1. The minimum Gasteiger partial charge on any atom is -0.506 e. The molecular formula is C49H57N13O10. The van der Waals surface area contributed by atoms with Crippen molar-refractivity contribution in [2.24, 2.45) is 11.8 Å². The summed E-state index contributed by atoms with van der Waals surface area (Å²) in [7, 11) is 0. The van der Waals surface area contributed by atoms with Crippen LogP contribution in [0, 0.1) is 18.8 Å². The second-order valence-corrected chi connectivity index (χ2v) is 17.9. The van der Waals surface area contributed by atoms with Crippen molar-refractivity contribution < 1.29 is 48.6 Å². The third-order valence-electron chi connectivity index (χ3n) is 12.1. The number of carboxylic acids is 1. The number of aliphatic carboxylic acids is 1. The quantitative estimate of drug-likeness (QED) is 0.0170. The predicted octanol–water partition coefficient (Wildman–Crippen LogP) is 3.77. The van der Waals surface area contributed by atoms with Gasteiger partial charge >= 0.3 is 5.97 Å². The fourth-order valence-electron chi connectivity index (χ4n) is 8.00. The topological polar surface area (TPSA) is 348 Å². The molecule has 378 valence electrons. The second-order valence-electron chi connectivity index (χ2n) is 17.9. The monoisotopic (exact) mass is 987 g/mol. The number of amides is 4. The lowest BCUT2D eigenvalue weighted by molar-refractivity contribution is -0.139. The maximum atomic E-state index is 13.6. The minimum atomic E-state index is -1.30. The molecule has 0 saturated heterocycles. The molecule has 3 aromatic heterocycles. The van der Waals surface area contributed by atoms with Gasteiger partial charge in [-0.15, -0.1) is 10.2 Å². The molecule has 0 spiro atoms. The number of rotatable bonds is 27. The zero-order valence-electron chi connectivity index (χ0n) is 40.3. The van der Waals surface area contributed by atoms with Crippen LogP contribution >= 0.6 is 0 Å². The molecule has 23 heteroatoms. The molecule has 0 radical (unpaired) electrons. The van der Waals surface area contributed by atoms with Crippen molar-refractivity contribution in [1.82, 2.24) is 56.1 Å². The van der Waals surface area contributed by atoms with Crippen molar-refractivity contribution in [1.29, 1.82) is 0 Å². The molecule has 0 bridgehead atoms. The van der Waals surface area contributed by atoms with Gasteiger partial charge in [-0.1, -0.05) is 38.8 Å². The van der Waals surface area contributed by atoms with Gasteiger partial charge in [-0.25, -0.2) is 24.7 Å². The highest BCUT2D eigenvalue weighted by Crippen LogP contribution is 2.27. The average molecular weight is 988 g/mol. The average Bonchev–Trinajstić information content (AvgIpc) is 4.00. The maximum Gasteiger partial charge on any atom is 0.326 e. The summed E-state index contributed by atoms with van der Waals surface area (Å²) < 4.78 is 0. The lowest BCUT2D eigenvalue weighted by atomic mass is 9.88. The van der Waals surface area contributed by atoms with Crippen LogP contribution in [0.25, 0.3) is 22.6 Å². The van der Waals surface area contributed by atoms with Crippen LogP contribution in [0.2, 0.25) is 0 Å². The Morgan fingerprint density at radius 1 is 0.875 bits per heavy atom. The number of carbonyl (C=O) groups is 8. The number of aromatic hydroxyl groups is 1. The maximum absolute atomic E-state index is 13.6. The first-order valence-electron chi connectivity index (χ1n) is 23.5. The molecule has 4 amide bonds. The number of aromatic amines is 1. The Hall–Kier alpha value is -8.37. The van der Waals surface area contributed by atoms with Gasteiger partial charge in [-0.05, 0) is 80.5 Å². The van der Waals surface area contributed by atoms with Gasteiger partial charge in [0.25, 0.3) is 17.7 Å². The van der Waals surface area contributed by atoms with Gasteiger partial charge in [0, 0.05) is 67.0 Å². The van der Waals surface area contributed by atoms with E-state index >= 15 is 0 Å². The molecule has 0 unspecified atom stereocenters. The Morgan fingerprint density at radius 3 is 2.32 bits per heavy atom. The number of anilines is 2. The molecule has 72 heavy (non-hydrogen) atoms. The fraction of sp³-hybridized carbons (Fsp3) is 0.408. The molecule has 8 N–H and O–H groups in total. The SMILES string of the molecule is Cc1nc(N)c2nc(CNc3ccc(C(=O)N[C@@H](CCCCC(=O)c4ccc(CC(=O)[C@H](C)NC(=O)[C@@H](CC(=O)CCCCCN5C(=O)C=CC5=O)C(C)C)cc4-c4nn[nH]n4)C(=O)O)cc3O)cnc2n1. The Balaban J connectivity index is 0.964. The lowest BCUT2D eigenvalue weighted by Gasteiger charge is -2.22. The number of nitrogen functional groups attached to an aromatic ring is 1. The standard InChI is InChI=1S/C49H57N13O10/c1-26(2)34(23-32(63)10-6-5-9-19-62-41(67)17-18-42(62)68)48(70)53-27(3)39(65)21-29-13-15-33(35(20-29)45-58-60-61-59-45)38(64)12-8-7-11-37(49(71)72)57-47(69)30-14-16-36(40(66)22-30)51-24-31-25-52-46-43(56-31)44(50)54-28(4)55-46/h13-18,20,22,25-27,34,37,51,66H,5-12,19,21,23-24H2,1-4H3,(H,53,70)(H,57,69)(H,71,72)(H2,50,52,54,55)(H,58,59,60,61)/t27-,34-,37-/m0/s1. The third-order valence-corrected chi connectivity index (χ3v) is 12.1. The van der Waals surface area contributed by atoms with Crippen molar-refractivity contribution >= 4 is 69.6 Å². The number of tetrazole rings is 1. The van der Waals surface area contributed by atoms with Crippen LogP contribution < -0.4 is 21.7 Å². The van der Waals surface area contributed by atoms with Gasteiger partial charge in [0.15, 0.2) is 28.5 Å². The molecule has 6 rings (SSSR count). The normalized spacial score (nSPS) is 13.5. The molecule has 0 saturated carbocycles. The number of ketones is 3. The Kier molecular flexibility index (Phi) is 18.0. The Morgan fingerprint density at radius 2 is 1.62 bits per heavy atom. The summed E-state index contributed by atoms with van der Waals surface area (Å²) in [5.41, 5.74) is 8.49. The van der Waals surface area contributed by atoms with Crippen LogP contribution in [-0.4, -0.2) is 121 Å². The first-order chi connectivity index (χ1) is 34.4. The van der Waals surface area contributed by atoms with Gasteiger partial charge in [0.1, 0.15) is 23.4 Å². The summed E-state index contributed by atoms with van der Waals surface area (Å²) in [5, 5.41) is 42.9. The number of carbonyl (C=O) groups excluding carboxylic acids is 7. The summed E-state index contributed by atoms with van der Waals surface area (Å²) in [6, 6.07) is 6.63. The lowest BCUT2D eigenvalue weighted by Crippen LogP contribution is -2.44. The molecule has 0 aliphatic carbocycles. The van der Waals surface area contributed by atoms with Crippen molar-refractivity contribution in [3.8, 4) is 17.1 Å². The van der Waals surface area contributed by atoms with E-state index in [-0.39, 0.29) is 127 Å². The zero-order valence-corrected chi connectivity index (χ0v) is 40.3. The molecule has 0 fully saturated rings. The fourth-order valence-corrected chi connectivity index (χ4v) is 8.00. The Bertz CT molecular complexity index is 2870. The summed E-state index contributed by atoms with van der Waals surface area (Å²) in [5.74, 6) is -4.26. The molecule has 2 aromatic carbocycles. The molecule has 5 aromatic rings. The minimum absolute atomic E-state index is 0.000935. The van der Waals surface area contributed by atoms with Gasteiger partial charge in [0.2, 0.25) is 11.7 Å². The molecule has 4 heterocycles. The summed E-state index contributed by atoms with van der Waals surface area (Å²) in [6.07, 6.45) is 6.32. The summed E-state index contributed by atoms with van der Waals surface area (Å²) in [4.78, 5) is 120. The van der Waals surface area contributed by atoms with E-state index in [0.717, 1.165) is 4.90 Å². The summed E-state index contributed by atoms with van der Waals surface area (Å²) >= 11 is 0. The number of nitrogens with zero attached hydrogens (tertiary/aromatic N) is 8. The first-order valence-corrected chi connectivity index (χ1v) is 23.5. The molecule has 1 aliphatic rings. The van der Waals surface area contributed by atoms with Crippen LogP contribution in [0.3, 0.4) is 0 Å². The number of aryl methyl sites for hydroxylation is 1. The van der Waals surface area contributed by atoms with E-state index in [4.69, 9.17) is 5.73 Å². The highest BCUT2D eigenvalue weighted by molar-refractivity contribution is 6.12. The van der Waals surface area contributed by atoms with Crippen LogP contribution in [0.1, 0.15) is 116 Å². The number of benzene rings is 2. The van der Waals surface area contributed by atoms with E-state index < -0.39 is 35.8 Å². The van der Waals surface area contributed by atoms with Gasteiger partial charge in [0.05, 0.1) is 30.2 Å². The van der Waals surface area contributed by atoms with Crippen LogP contribution in [0.15, 0.2) is 54.7 Å². The van der Waals surface area contributed by atoms with E-state index in [1.165, 1.54) is 36.5 Å². The van der Waals surface area contributed by atoms with E-state index in [2.05, 4.69) is 56.5 Å².